The van der Waals surface area contributed by atoms with E-state index in [9.17, 15) is 4.79 Å². The van der Waals surface area contributed by atoms with Crippen LogP contribution in [0.15, 0.2) is 61.8 Å². The second kappa shape index (κ2) is 20.9. The van der Waals surface area contributed by atoms with Crippen molar-refractivity contribution >= 4 is 5.91 Å². The summed E-state index contributed by atoms with van der Waals surface area (Å²) >= 11 is 0. The number of H-pyrrole nitrogens is 1. The molecule has 2 rings (SSSR count). The maximum Gasteiger partial charge on any atom is 0.269 e. The summed E-state index contributed by atoms with van der Waals surface area (Å²) < 4.78 is 0. The number of allylic oxidation sites excluding steroid dienone is 2. The molecular formula is C21H31N3O. The summed E-state index contributed by atoms with van der Waals surface area (Å²) in [6.07, 6.45) is 13.2. The Labute approximate surface area is 153 Å². The Kier molecular flexibility index (Phi) is 22.5. The zero-order valence-corrected chi connectivity index (χ0v) is 16.0. The largest absolute Gasteiger partial charge is 0.354 e. The monoisotopic (exact) mass is 341 g/mol. The lowest BCUT2D eigenvalue weighted by Crippen LogP contribution is -2.19. The Morgan fingerprint density at radius 1 is 1.12 bits per heavy atom. The van der Waals surface area contributed by atoms with Crippen molar-refractivity contribution in [2.24, 2.45) is 0 Å². The Morgan fingerprint density at radius 3 is 1.96 bits per heavy atom. The van der Waals surface area contributed by atoms with Crippen molar-refractivity contribution < 1.29 is 4.79 Å². The fraction of sp³-hybridized carbons (Fsp3) is 0.238. The van der Waals surface area contributed by atoms with Gasteiger partial charge >= 0.3 is 0 Å². The third-order valence-electron chi connectivity index (χ3n) is 2.18. The molecule has 0 saturated heterocycles. The van der Waals surface area contributed by atoms with Crippen molar-refractivity contribution in [2.75, 3.05) is 7.05 Å². The Bertz CT molecular complexity index is 577. The number of carbonyl (C=O) groups excluding carboxylic acids is 1. The van der Waals surface area contributed by atoms with Crippen LogP contribution in [0.5, 0.6) is 0 Å². The van der Waals surface area contributed by atoms with Crippen LogP contribution in [0.1, 0.15) is 38.2 Å². The molecule has 2 N–H and O–H groups in total. The molecule has 1 aromatic heterocycles. The number of terminal acetylenes is 1. The van der Waals surface area contributed by atoms with E-state index in [0.29, 0.717) is 5.69 Å². The highest BCUT2D eigenvalue weighted by atomic mass is 16.1. The van der Waals surface area contributed by atoms with Crippen LogP contribution in [-0.2, 0) is 0 Å². The number of nitrogens with one attached hydrogen (secondary N) is 2. The smallest absolute Gasteiger partial charge is 0.269 e. The molecule has 25 heavy (non-hydrogen) atoms. The quantitative estimate of drug-likeness (QED) is 0.590. The Balaban J connectivity index is -0.000000411. The molecule has 1 aromatic carbocycles. The summed E-state index contributed by atoms with van der Waals surface area (Å²) in [7, 11) is 1.60. The first-order chi connectivity index (χ1) is 12.2. The van der Waals surface area contributed by atoms with Gasteiger partial charge in [0.2, 0.25) is 0 Å². The number of hydrogen-bond acceptors (Lipinski definition) is 2. The Hall–Kier alpha value is -3.06. The van der Waals surface area contributed by atoms with E-state index in [-0.39, 0.29) is 5.91 Å². The van der Waals surface area contributed by atoms with Gasteiger partial charge in [0.25, 0.3) is 5.91 Å². The van der Waals surface area contributed by atoms with Crippen molar-refractivity contribution in [3.8, 4) is 24.0 Å². The second-order valence-electron chi connectivity index (χ2n) is 3.92. The first-order valence-corrected chi connectivity index (χ1v) is 7.94. The van der Waals surface area contributed by atoms with Gasteiger partial charge in [-0.25, -0.2) is 0 Å². The van der Waals surface area contributed by atoms with Crippen molar-refractivity contribution in [1.82, 2.24) is 15.5 Å². The first kappa shape index (κ1) is 26.8. The molecule has 0 unspecified atom stereocenters. The highest BCUT2D eigenvalue weighted by Crippen LogP contribution is 2.20. The first-order valence-electron chi connectivity index (χ1n) is 7.94. The van der Waals surface area contributed by atoms with Crippen molar-refractivity contribution in [3.63, 3.8) is 0 Å². The predicted octanol–water partition coefficient (Wildman–Crippen LogP) is 5.10. The highest BCUT2D eigenvalue weighted by Gasteiger charge is 2.12. The SMILES string of the molecule is C#C.C=CC.C=CC.CC.CNC(=O)c1[nH]ncc1-c1ccccc1. The van der Waals surface area contributed by atoms with Gasteiger partial charge in [-0.3, -0.25) is 9.89 Å². The maximum absolute atomic E-state index is 11.5. The number of hydrogen-bond donors (Lipinski definition) is 2. The topological polar surface area (TPSA) is 57.8 Å². The molecule has 1 amide bonds. The highest BCUT2D eigenvalue weighted by molar-refractivity contribution is 5.98. The molecule has 0 bridgehead atoms. The lowest BCUT2D eigenvalue weighted by molar-refractivity contribution is 0.0959. The molecule has 0 fully saturated rings. The average Bonchev–Trinajstić information content (AvgIpc) is 3.16. The van der Waals surface area contributed by atoms with Crippen LogP contribution in [0.3, 0.4) is 0 Å². The number of benzene rings is 1. The van der Waals surface area contributed by atoms with Gasteiger partial charge in [0.1, 0.15) is 5.69 Å². The van der Waals surface area contributed by atoms with E-state index in [2.05, 4.69) is 41.5 Å². The van der Waals surface area contributed by atoms with Crippen LogP contribution in [0, 0.1) is 12.8 Å². The van der Waals surface area contributed by atoms with Crippen LogP contribution in [0.2, 0.25) is 0 Å². The van der Waals surface area contributed by atoms with Gasteiger partial charge in [-0.05, 0) is 19.4 Å². The van der Waals surface area contributed by atoms with E-state index in [1.807, 2.05) is 58.0 Å². The molecule has 0 aliphatic carbocycles. The van der Waals surface area contributed by atoms with Crippen molar-refractivity contribution in [2.45, 2.75) is 27.7 Å². The molecule has 4 nitrogen and oxygen atoms in total. The zero-order valence-electron chi connectivity index (χ0n) is 16.0. The van der Waals surface area contributed by atoms with Gasteiger partial charge in [0.05, 0.1) is 6.20 Å². The molecule has 0 spiro atoms. The molecule has 0 aliphatic heterocycles. The van der Waals surface area contributed by atoms with Crippen LogP contribution in [0.4, 0.5) is 0 Å². The van der Waals surface area contributed by atoms with E-state index >= 15 is 0 Å². The summed E-state index contributed by atoms with van der Waals surface area (Å²) in [5.74, 6) is -0.161. The van der Waals surface area contributed by atoms with Gasteiger partial charge in [0, 0.05) is 12.6 Å². The van der Waals surface area contributed by atoms with E-state index in [1.165, 1.54) is 0 Å². The summed E-state index contributed by atoms with van der Waals surface area (Å²) in [5.41, 5.74) is 2.28. The summed E-state index contributed by atoms with van der Waals surface area (Å²) in [6.45, 7) is 14.5. The lowest BCUT2D eigenvalue weighted by atomic mass is 10.1. The number of aromatic amines is 1. The number of amides is 1. The van der Waals surface area contributed by atoms with E-state index < -0.39 is 0 Å². The normalized spacial score (nSPS) is 7.32. The van der Waals surface area contributed by atoms with Gasteiger partial charge in [0.15, 0.2) is 0 Å². The summed E-state index contributed by atoms with van der Waals surface area (Å²) in [4.78, 5) is 11.5. The van der Waals surface area contributed by atoms with E-state index in [0.717, 1.165) is 11.1 Å². The maximum atomic E-state index is 11.5. The summed E-state index contributed by atoms with van der Waals surface area (Å²) in [6, 6.07) is 9.67. The minimum absolute atomic E-state index is 0.161. The standard InChI is InChI=1S/C11H11N3O.2C3H6.C2H6.C2H2/c1-12-11(15)10-9(7-13-14-10)8-5-3-2-4-6-8;2*1-3-2;2*1-2/h2-7H,1H3,(H,12,15)(H,13,14);2*3H,1H2,2H3;1-2H3;1-2H. The molecule has 136 valence electrons. The van der Waals surface area contributed by atoms with Gasteiger partial charge in [-0.1, -0.05) is 56.3 Å². The number of aromatic nitrogens is 2. The third-order valence-corrected chi connectivity index (χ3v) is 2.18. The third kappa shape index (κ3) is 12.1. The molecule has 1 heterocycles. The second-order valence-corrected chi connectivity index (χ2v) is 3.92. The molecule has 0 saturated carbocycles. The summed E-state index contributed by atoms with van der Waals surface area (Å²) in [5, 5.41) is 9.14. The zero-order chi connectivity index (χ0) is 20.1. The fourth-order valence-corrected chi connectivity index (χ4v) is 1.42. The average molecular weight is 341 g/mol. The molecule has 0 aliphatic rings. The minimum atomic E-state index is -0.161. The Morgan fingerprint density at radius 2 is 1.56 bits per heavy atom. The number of carbonyl (C=O) groups is 1. The van der Waals surface area contributed by atoms with Crippen LogP contribution in [0.25, 0.3) is 11.1 Å². The number of rotatable bonds is 2. The van der Waals surface area contributed by atoms with Crippen LogP contribution >= 0.6 is 0 Å². The van der Waals surface area contributed by atoms with Crippen molar-refractivity contribution in [3.05, 3.63) is 67.5 Å². The molecule has 2 aromatic rings. The van der Waals surface area contributed by atoms with Gasteiger partial charge < -0.3 is 5.32 Å². The van der Waals surface area contributed by atoms with Crippen molar-refractivity contribution in [1.29, 1.82) is 0 Å². The van der Waals surface area contributed by atoms with Gasteiger partial charge in [-0.15, -0.1) is 26.0 Å². The molecular weight excluding hydrogens is 310 g/mol. The van der Waals surface area contributed by atoms with Gasteiger partial charge in [-0.2, -0.15) is 5.10 Å². The molecule has 0 radical (unpaired) electrons. The van der Waals surface area contributed by atoms with E-state index in [1.54, 1.807) is 25.4 Å². The van der Waals surface area contributed by atoms with Crippen LogP contribution in [-0.4, -0.2) is 23.2 Å². The molecule has 4 heteroatoms. The van der Waals surface area contributed by atoms with E-state index in [4.69, 9.17) is 0 Å². The lowest BCUT2D eigenvalue weighted by Gasteiger charge is -2.01. The van der Waals surface area contributed by atoms with Crippen LogP contribution < -0.4 is 5.32 Å². The number of nitrogens with zero attached hydrogens (tertiary/aromatic N) is 1. The minimum Gasteiger partial charge on any atom is -0.354 e. The fourth-order valence-electron chi connectivity index (χ4n) is 1.42. The molecule has 0 atom stereocenters. The predicted molar refractivity (Wildman–Crippen MR) is 110 cm³/mol.